The first kappa shape index (κ1) is 27.4. The van der Waals surface area contributed by atoms with E-state index >= 15 is 0 Å². The van der Waals surface area contributed by atoms with Crippen molar-refractivity contribution in [2.45, 2.75) is 39.2 Å². The van der Waals surface area contributed by atoms with E-state index in [1.54, 1.807) is 12.1 Å². The summed E-state index contributed by atoms with van der Waals surface area (Å²) in [5, 5.41) is 0.616. The number of hydrogen-bond donors (Lipinski definition) is 0. The van der Waals surface area contributed by atoms with Gasteiger partial charge in [-0.05, 0) is 51.0 Å². The smallest absolute Gasteiger partial charge is 0.416 e. The van der Waals surface area contributed by atoms with E-state index in [-0.39, 0.29) is 6.61 Å². The fourth-order valence-corrected chi connectivity index (χ4v) is 3.32. The first-order chi connectivity index (χ1) is 15.7. The number of unbranched alkanes of at least 4 members (excludes halogenated alkanes) is 1. The molecule has 0 aliphatic carbocycles. The highest BCUT2D eigenvalue weighted by Gasteiger charge is 2.30. The lowest BCUT2D eigenvalue weighted by Crippen LogP contribution is -2.25. The van der Waals surface area contributed by atoms with Gasteiger partial charge in [0.05, 0.1) is 28.8 Å². The Morgan fingerprint density at radius 2 is 1.33 bits per heavy atom. The van der Waals surface area contributed by atoms with E-state index in [1.807, 2.05) is 13.8 Å². The van der Waals surface area contributed by atoms with Crippen molar-refractivity contribution >= 4 is 23.2 Å². The molecule has 0 aromatic heterocycles. The van der Waals surface area contributed by atoms with Crippen molar-refractivity contribution < 1.29 is 36.9 Å². The fraction of sp³-hybridized carbons (Fsp3) is 0.478. The van der Waals surface area contributed by atoms with Gasteiger partial charge in [0, 0.05) is 25.3 Å². The number of benzene rings is 2. The van der Waals surface area contributed by atoms with Gasteiger partial charge in [-0.15, -0.1) is 0 Å². The van der Waals surface area contributed by atoms with Crippen molar-refractivity contribution in [2.75, 3.05) is 33.0 Å². The van der Waals surface area contributed by atoms with Gasteiger partial charge in [-0.2, -0.15) is 13.2 Å². The summed E-state index contributed by atoms with van der Waals surface area (Å²) in [7, 11) is 0. The average Bonchev–Trinajstić information content (AvgIpc) is 2.76. The number of halogens is 5. The Kier molecular flexibility index (Phi) is 11.4. The van der Waals surface area contributed by atoms with Gasteiger partial charge < -0.3 is 23.7 Å². The van der Waals surface area contributed by atoms with Crippen LogP contribution < -0.4 is 14.2 Å². The topological polar surface area (TPSA) is 46.2 Å². The van der Waals surface area contributed by atoms with Crippen LogP contribution in [0.15, 0.2) is 36.4 Å². The van der Waals surface area contributed by atoms with E-state index < -0.39 is 18.0 Å². The monoisotopic (exact) mass is 510 g/mol. The van der Waals surface area contributed by atoms with Crippen LogP contribution in [0.25, 0.3) is 0 Å². The lowest BCUT2D eigenvalue weighted by molar-refractivity contribution is -0.152. The first-order valence-electron chi connectivity index (χ1n) is 10.5. The van der Waals surface area contributed by atoms with E-state index in [2.05, 4.69) is 0 Å². The molecule has 0 bridgehead atoms. The summed E-state index contributed by atoms with van der Waals surface area (Å²) >= 11 is 12.6. The average molecular weight is 511 g/mol. The fourth-order valence-electron chi connectivity index (χ4n) is 2.75. The van der Waals surface area contributed by atoms with Gasteiger partial charge in [-0.3, -0.25) is 0 Å². The van der Waals surface area contributed by atoms with Crippen LogP contribution in [0.2, 0.25) is 10.0 Å². The molecule has 0 fully saturated rings. The molecule has 0 atom stereocenters. The van der Waals surface area contributed by atoms with Crippen molar-refractivity contribution in [1.29, 1.82) is 0 Å². The van der Waals surface area contributed by atoms with Crippen molar-refractivity contribution in [1.82, 2.24) is 0 Å². The minimum absolute atomic E-state index is 0.188. The Morgan fingerprint density at radius 3 is 1.85 bits per heavy atom. The molecule has 0 aliphatic rings. The molecule has 2 rings (SSSR count). The highest BCUT2D eigenvalue weighted by molar-refractivity contribution is 6.37. The Labute approximate surface area is 201 Å². The molecule has 10 heteroatoms. The number of hydrogen-bond acceptors (Lipinski definition) is 5. The van der Waals surface area contributed by atoms with Crippen LogP contribution in [0.5, 0.6) is 17.2 Å². The highest BCUT2D eigenvalue weighted by Crippen LogP contribution is 2.37. The summed E-state index contributed by atoms with van der Waals surface area (Å²) < 4.78 is 65.4. The summed E-state index contributed by atoms with van der Waals surface area (Å²) in [5.74, 6) is 1.19. The normalized spacial score (nSPS) is 11.6. The van der Waals surface area contributed by atoms with Crippen molar-refractivity contribution in [3.63, 3.8) is 0 Å². The maximum Gasteiger partial charge on any atom is 0.416 e. The number of alkyl halides is 3. The molecular formula is C23H27Cl2F3O5. The van der Waals surface area contributed by atoms with Crippen LogP contribution in [0.3, 0.4) is 0 Å². The summed E-state index contributed by atoms with van der Waals surface area (Å²) in [6.45, 7) is 5.60. The molecule has 0 unspecified atom stereocenters. The lowest BCUT2D eigenvalue weighted by Gasteiger charge is -2.18. The second-order valence-corrected chi connectivity index (χ2v) is 7.61. The molecular weight excluding hydrogens is 484 g/mol. The van der Waals surface area contributed by atoms with E-state index in [4.69, 9.17) is 46.9 Å². The standard InChI is InChI=1S/C23H27Cl2F3O5/c1-3-29-21(30-4-2)15-33-18-13-19(24)22(20(25)14-18)32-12-6-5-11-31-17-9-7-16(8-10-17)23(26,27)28/h7-10,13-14,21H,3-6,11-12,15H2,1-2H3. The zero-order valence-corrected chi connectivity index (χ0v) is 19.9. The predicted molar refractivity (Wildman–Crippen MR) is 121 cm³/mol. The number of rotatable bonds is 14. The predicted octanol–water partition coefficient (Wildman–Crippen LogP) is 7.03. The molecule has 2 aromatic carbocycles. The summed E-state index contributed by atoms with van der Waals surface area (Å²) in [4.78, 5) is 0. The molecule has 0 saturated carbocycles. The first-order valence-corrected chi connectivity index (χ1v) is 11.3. The Balaban J connectivity index is 1.74. The molecule has 5 nitrogen and oxygen atoms in total. The lowest BCUT2D eigenvalue weighted by atomic mass is 10.2. The van der Waals surface area contributed by atoms with Crippen molar-refractivity contribution in [3.8, 4) is 17.2 Å². The molecule has 0 amide bonds. The SMILES string of the molecule is CCOC(COc1cc(Cl)c(OCCCCOc2ccc(C(F)(F)F)cc2)c(Cl)c1)OCC. The van der Waals surface area contributed by atoms with Gasteiger partial charge >= 0.3 is 6.18 Å². The second-order valence-electron chi connectivity index (χ2n) is 6.79. The van der Waals surface area contributed by atoms with Crippen LogP contribution >= 0.6 is 23.2 Å². The van der Waals surface area contributed by atoms with Crippen molar-refractivity contribution in [2.24, 2.45) is 0 Å². The van der Waals surface area contributed by atoms with Crippen LogP contribution in [0.1, 0.15) is 32.3 Å². The van der Waals surface area contributed by atoms with Gasteiger partial charge in [0.25, 0.3) is 0 Å². The Bertz CT molecular complexity index is 818. The van der Waals surface area contributed by atoms with Crippen LogP contribution in [-0.2, 0) is 15.7 Å². The third-order valence-electron chi connectivity index (χ3n) is 4.30. The van der Waals surface area contributed by atoms with Gasteiger partial charge in [-0.1, -0.05) is 23.2 Å². The zero-order valence-electron chi connectivity index (χ0n) is 18.4. The van der Waals surface area contributed by atoms with Crippen molar-refractivity contribution in [3.05, 3.63) is 52.0 Å². The molecule has 0 heterocycles. The summed E-state index contributed by atoms with van der Waals surface area (Å²) in [6, 6.07) is 7.78. The largest absolute Gasteiger partial charge is 0.494 e. The van der Waals surface area contributed by atoms with Gasteiger partial charge in [0.2, 0.25) is 0 Å². The van der Waals surface area contributed by atoms with E-state index in [0.717, 1.165) is 12.1 Å². The summed E-state index contributed by atoms with van der Waals surface area (Å²) in [5.41, 5.74) is -0.711. The van der Waals surface area contributed by atoms with E-state index in [1.165, 1.54) is 12.1 Å². The maximum atomic E-state index is 12.6. The minimum Gasteiger partial charge on any atom is -0.494 e. The van der Waals surface area contributed by atoms with E-state index in [9.17, 15) is 13.2 Å². The molecule has 0 aliphatic heterocycles. The molecule has 0 saturated heterocycles. The second kappa shape index (κ2) is 13.7. The van der Waals surface area contributed by atoms with Gasteiger partial charge in [-0.25, -0.2) is 0 Å². The molecule has 33 heavy (non-hydrogen) atoms. The highest BCUT2D eigenvalue weighted by atomic mass is 35.5. The van der Waals surface area contributed by atoms with Gasteiger partial charge in [0.15, 0.2) is 12.0 Å². The maximum absolute atomic E-state index is 12.6. The quantitative estimate of drug-likeness (QED) is 0.201. The number of ether oxygens (including phenoxy) is 5. The Morgan fingerprint density at radius 1 is 0.788 bits per heavy atom. The molecule has 0 spiro atoms. The Hall–Kier alpha value is -1.87. The van der Waals surface area contributed by atoms with E-state index in [0.29, 0.717) is 66.6 Å². The molecule has 0 N–H and O–H groups in total. The molecule has 0 radical (unpaired) electrons. The third kappa shape index (κ3) is 9.49. The van der Waals surface area contributed by atoms with Gasteiger partial charge in [0.1, 0.15) is 18.1 Å². The van der Waals surface area contributed by atoms with Crippen LogP contribution in [-0.4, -0.2) is 39.3 Å². The zero-order chi connectivity index (χ0) is 24.3. The third-order valence-corrected chi connectivity index (χ3v) is 4.86. The summed E-state index contributed by atoms with van der Waals surface area (Å²) in [6.07, 6.45) is -3.58. The molecule has 184 valence electrons. The van der Waals surface area contributed by atoms with Crippen LogP contribution in [0.4, 0.5) is 13.2 Å². The minimum atomic E-state index is -4.36. The van der Waals surface area contributed by atoms with Crippen LogP contribution in [0, 0.1) is 0 Å². The molecule has 2 aromatic rings.